The SMILES string of the molecule is CCSc1nnnn1S. The quantitative estimate of drug-likeness (QED) is 0.507. The molecule has 1 aromatic rings. The van der Waals surface area contributed by atoms with Crippen LogP contribution in [0.15, 0.2) is 5.16 Å². The van der Waals surface area contributed by atoms with E-state index in [2.05, 4.69) is 28.3 Å². The van der Waals surface area contributed by atoms with E-state index in [1.165, 1.54) is 4.09 Å². The topological polar surface area (TPSA) is 43.6 Å². The number of nitrogens with zero attached hydrogens (tertiary/aromatic N) is 4. The molecule has 1 heterocycles. The first-order chi connectivity index (χ1) is 4.34. The largest absolute Gasteiger partial charge is 0.219 e. The Hall–Kier alpha value is -0.230. The van der Waals surface area contributed by atoms with E-state index >= 15 is 0 Å². The zero-order chi connectivity index (χ0) is 6.69. The average molecular weight is 162 g/mol. The lowest BCUT2D eigenvalue weighted by atomic mass is 11.0. The first kappa shape index (κ1) is 6.88. The van der Waals surface area contributed by atoms with Crippen LogP contribution in [-0.4, -0.2) is 25.4 Å². The number of hydrogen-bond donors (Lipinski definition) is 1. The highest BCUT2D eigenvalue weighted by molar-refractivity contribution is 7.99. The van der Waals surface area contributed by atoms with Gasteiger partial charge in [-0.3, -0.25) is 0 Å². The zero-order valence-corrected chi connectivity index (χ0v) is 6.56. The summed E-state index contributed by atoms with van der Waals surface area (Å²) in [6.45, 7) is 2.03. The van der Waals surface area contributed by atoms with Gasteiger partial charge in [-0.2, -0.15) is 4.09 Å². The van der Waals surface area contributed by atoms with Gasteiger partial charge < -0.3 is 0 Å². The Morgan fingerprint density at radius 2 is 2.56 bits per heavy atom. The van der Waals surface area contributed by atoms with Crippen molar-refractivity contribution in [3.63, 3.8) is 0 Å². The molecule has 4 nitrogen and oxygen atoms in total. The number of aromatic nitrogens is 4. The molecule has 0 amide bonds. The van der Waals surface area contributed by atoms with Crippen LogP contribution < -0.4 is 0 Å². The zero-order valence-electron chi connectivity index (χ0n) is 4.85. The highest BCUT2D eigenvalue weighted by atomic mass is 32.2. The standard InChI is InChI=1S/C3H6N4S2/c1-2-9-3-4-5-6-7(3)8/h8H,2H2,1H3. The first-order valence-electron chi connectivity index (χ1n) is 2.45. The molecular formula is C3H6N4S2. The van der Waals surface area contributed by atoms with Crippen LogP contribution in [0.4, 0.5) is 0 Å². The number of thioether (sulfide) groups is 1. The molecule has 1 aromatic heterocycles. The van der Waals surface area contributed by atoms with E-state index in [0.717, 1.165) is 10.9 Å². The van der Waals surface area contributed by atoms with Gasteiger partial charge >= 0.3 is 0 Å². The molecule has 0 unspecified atom stereocenters. The minimum Gasteiger partial charge on any atom is -0.163 e. The van der Waals surface area contributed by atoms with Crippen LogP contribution in [0.3, 0.4) is 0 Å². The summed E-state index contributed by atoms with van der Waals surface area (Å²) >= 11 is 5.50. The molecule has 0 fully saturated rings. The summed E-state index contributed by atoms with van der Waals surface area (Å²) in [6, 6.07) is 0. The maximum absolute atomic E-state index is 3.94. The second-order valence-electron chi connectivity index (χ2n) is 1.28. The molecule has 0 spiro atoms. The predicted octanol–water partition coefficient (Wildman–Crippen LogP) is 0.478. The van der Waals surface area contributed by atoms with E-state index in [4.69, 9.17) is 0 Å². The van der Waals surface area contributed by atoms with Crippen molar-refractivity contribution >= 4 is 24.6 Å². The van der Waals surface area contributed by atoms with Crippen molar-refractivity contribution in [2.45, 2.75) is 12.1 Å². The van der Waals surface area contributed by atoms with Crippen LogP contribution in [0.5, 0.6) is 0 Å². The van der Waals surface area contributed by atoms with Gasteiger partial charge in [0.15, 0.2) is 0 Å². The molecule has 1 rings (SSSR count). The molecule has 0 atom stereocenters. The van der Waals surface area contributed by atoms with Crippen molar-refractivity contribution in [1.29, 1.82) is 0 Å². The second-order valence-corrected chi connectivity index (χ2v) is 2.89. The van der Waals surface area contributed by atoms with E-state index in [-0.39, 0.29) is 0 Å². The summed E-state index contributed by atoms with van der Waals surface area (Å²) < 4.78 is 1.36. The summed E-state index contributed by atoms with van der Waals surface area (Å²) in [6.07, 6.45) is 0. The van der Waals surface area contributed by atoms with Crippen molar-refractivity contribution in [3.8, 4) is 0 Å². The summed E-state index contributed by atoms with van der Waals surface area (Å²) in [4.78, 5) is 0. The predicted molar refractivity (Wildman–Crippen MR) is 38.6 cm³/mol. The van der Waals surface area contributed by atoms with Gasteiger partial charge in [0.1, 0.15) is 0 Å². The number of tetrazole rings is 1. The van der Waals surface area contributed by atoms with Gasteiger partial charge in [0, 0.05) is 0 Å². The Morgan fingerprint density at radius 1 is 1.78 bits per heavy atom. The van der Waals surface area contributed by atoms with Crippen molar-refractivity contribution in [2.75, 3.05) is 5.75 Å². The maximum Gasteiger partial charge on any atom is 0.219 e. The summed E-state index contributed by atoms with van der Waals surface area (Å²) in [5.41, 5.74) is 0. The van der Waals surface area contributed by atoms with E-state index in [9.17, 15) is 0 Å². The van der Waals surface area contributed by atoms with Gasteiger partial charge in [0.25, 0.3) is 0 Å². The fourth-order valence-electron chi connectivity index (χ4n) is 0.390. The molecule has 50 valence electrons. The third kappa shape index (κ3) is 1.59. The maximum atomic E-state index is 3.94. The average Bonchev–Trinajstić information content (AvgIpc) is 2.18. The van der Waals surface area contributed by atoms with E-state index in [1.807, 2.05) is 6.92 Å². The minimum absolute atomic E-state index is 0.737. The Labute approximate surface area is 62.6 Å². The van der Waals surface area contributed by atoms with Crippen LogP contribution in [0.25, 0.3) is 0 Å². The summed E-state index contributed by atoms with van der Waals surface area (Å²) in [7, 11) is 0. The molecule has 0 saturated heterocycles. The molecule has 6 heteroatoms. The molecule has 0 radical (unpaired) electrons. The molecule has 0 aliphatic rings. The number of hydrogen-bond acceptors (Lipinski definition) is 5. The van der Waals surface area contributed by atoms with Crippen LogP contribution in [-0.2, 0) is 0 Å². The number of thiol groups is 1. The Morgan fingerprint density at radius 3 is 3.00 bits per heavy atom. The van der Waals surface area contributed by atoms with Crippen molar-refractivity contribution in [2.24, 2.45) is 0 Å². The third-order valence-corrected chi connectivity index (χ3v) is 1.91. The molecular weight excluding hydrogens is 156 g/mol. The van der Waals surface area contributed by atoms with Gasteiger partial charge in [0.2, 0.25) is 5.16 Å². The van der Waals surface area contributed by atoms with Gasteiger partial charge in [-0.1, -0.05) is 18.7 Å². The molecule has 0 aliphatic carbocycles. The summed E-state index contributed by atoms with van der Waals surface area (Å²) in [5.74, 6) is 0.959. The van der Waals surface area contributed by atoms with E-state index < -0.39 is 0 Å². The van der Waals surface area contributed by atoms with Crippen molar-refractivity contribution in [1.82, 2.24) is 19.6 Å². The van der Waals surface area contributed by atoms with E-state index in [1.54, 1.807) is 11.8 Å². The Balaban J connectivity index is 2.69. The third-order valence-electron chi connectivity index (χ3n) is 0.700. The Kier molecular flexibility index (Phi) is 2.35. The van der Waals surface area contributed by atoms with Gasteiger partial charge in [-0.25, -0.2) is 0 Å². The van der Waals surface area contributed by atoms with Gasteiger partial charge in [0.05, 0.1) is 0 Å². The fourth-order valence-corrected chi connectivity index (χ4v) is 1.14. The fraction of sp³-hybridized carbons (Fsp3) is 0.667. The lowest BCUT2D eigenvalue weighted by molar-refractivity contribution is 0.851. The van der Waals surface area contributed by atoms with Crippen molar-refractivity contribution < 1.29 is 0 Å². The molecule has 0 aromatic carbocycles. The number of rotatable bonds is 2. The van der Waals surface area contributed by atoms with Gasteiger partial charge in [-0.05, 0) is 29.0 Å². The normalized spacial score (nSPS) is 10.0. The lowest BCUT2D eigenvalue weighted by Gasteiger charge is -1.89. The highest BCUT2D eigenvalue weighted by Gasteiger charge is 1.99. The molecule has 0 bridgehead atoms. The lowest BCUT2D eigenvalue weighted by Crippen LogP contribution is -1.85. The van der Waals surface area contributed by atoms with E-state index in [0.29, 0.717) is 0 Å². The van der Waals surface area contributed by atoms with Crippen molar-refractivity contribution in [3.05, 3.63) is 0 Å². The molecule has 0 aliphatic heterocycles. The van der Waals surface area contributed by atoms with Crippen LogP contribution in [0, 0.1) is 0 Å². The molecule has 0 N–H and O–H groups in total. The first-order valence-corrected chi connectivity index (χ1v) is 3.83. The highest BCUT2D eigenvalue weighted by Crippen LogP contribution is 2.12. The van der Waals surface area contributed by atoms with Crippen LogP contribution >= 0.6 is 24.6 Å². The smallest absolute Gasteiger partial charge is 0.163 e. The van der Waals surface area contributed by atoms with Crippen LogP contribution in [0.2, 0.25) is 0 Å². The minimum atomic E-state index is 0.737. The summed E-state index contributed by atoms with van der Waals surface area (Å²) in [5, 5.41) is 11.4. The molecule has 0 saturated carbocycles. The monoisotopic (exact) mass is 162 g/mol. The van der Waals surface area contributed by atoms with Crippen LogP contribution in [0.1, 0.15) is 6.92 Å². The Bertz CT molecular complexity index is 186. The molecule has 9 heavy (non-hydrogen) atoms. The van der Waals surface area contributed by atoms with Gasteiger partial charge in [-0.15, -0.1) is 5.10 Å². The second kappa shape index (κ2) is 3.07.